The van der Waals surface area contributed by atoms with Crippen LogP contribution < -0.4 is 5.32 Å². The van der Waals surface area contributed by atoms with Crippen molar-refractivity contribution >= 4 is 22.7 Å². The van der Waals surface area contributed by atoms with Crippen molar-refractivity contribution in [2.45, 2.75) is 13.0 Å². The molecule has 7 heteroatoms. The molecule has 1 aromatic carbocycles. The maximum Gasteiger partial charge on any atom is 0.293 e. The van der Waals surface area contributed by atoms with Gasteiger partial charge in [-0.2, -0.15) is 5.26 Å². The van der Waals surface area contributed by atoms with Crippen LogP contribution in [0, 0.1) is 21.4 Å². The highest BCUT2D eigenvalue weighted by atomic mass is 32.1. The third-order valence-electron chi connectivity index (χ3n) is 2.59. The molecule has 0 amide bonds. The van der Waals surface area contributed by atoms with Crippen LogP contribution in [0.25, 0.3) is 0 Å². The van der Waals surface area contributed by atoms with Crippen LogP contribution in [-0.2, 0) is 0 Å². The Kier molecular flexibility index (Phi) is 3.73. The van der Waals surface area contributed by atoms with Crippen LogP contribution in [0.15, 0.2) is 29.1 Å². The second-order valence-electron chi connectivity index (χ2n) is 3.88. The lowest BCUT2D eigenvalue weighted by Crippen LogP contribution is -2.08. The van der Waals surface area contributed by atoms with Crippen molar-refractivity contribution in [3.05, 3.63) is 50.5 Å². The average molecular weight is 274 g/mol. The fourth-order valence-electron chi connectivity index (χ4n) is 1.62. The molecule has 0 bridgehead atoms. The summed E-state index contributed by atoms with van der Waals surface area (Å²) in [5.74, 6) is 0. The predicted molar refractivity (Wildman–Crippen MR) is 72.0 cm³/mol. The molecule has 6 nitrogen and oxygen atoms in total. The number of nitriles is 1. The van der Waals surface area contributed by atoms with Gasteiger partial charge >= 0.3 is 0 Å². The quantitative estimate of drug-likeness (QED) is 0.683. The first-order chi connectivity index (χ1) is 9.11. The Labute approximate surface area is 113 Å². The van der Waals surface area contributed by atoms with Crippen molar-refractivity contribution in [2.24, 2.45) is 0 Å². The van der Waals surface area contributed by atoms with Crippen molar-refractivity contribution in [1.82, 2.24) is 4.98 Å². The molecule has 1 aromatic heterocycles. The van der Waals surface area contributed by atoms with E-state index in [-0.39, 0.29) is 17.3 Å². The molecule has 96 valence electrons. The highest BCUT2D eigenvalue weighted by Gasteiger charge is 2.17. The van der Waals surface area contributed by atoms with E-state index in [9.17, 15) is 10.1 Å². The topological polar surface area (TPSA) is 91.8 Å². The Morgan fingerprint density at radius 1 is 1.58 bits per heavy atom. The van der Waals surface area contributed by atoms with E-state index in [0.717, 1.165) is 5.69 Å². The molecule has 2 rings (SSSR count). The summed E-state index contributed by atoms with van der Waals surface area (Å²) in [5.41, 5.74) is 3.06. The van der Waals surface area contributed by atoms with Crippen LogP contribution in [0.3, 0.4) is 0 Å². The Morgan fingerprint density at radius 2 is 2.37 bits per heavy atom. The maximum absolute atomic E-state index is 11.0. The van der Waals surface area contributed by atoms with Crippen molar-refractivity contribution in [3.8, 4) is 6.07 Å². The number of nitrogens with zero attached hydrogens (tertiary/aromatic N) is 3. The number of thiazole rings is 1. The zero-order valence-corrected chi connectivity index (χ0v) is 10.8. The summed E-state index contributed by atoms with van der Waals surface area (Å²) in [4.78, 5) is 14.7. The van der Waals surface area contributed by atoms with E-state index >= 15 is 0 Å². The standard InChI is InChI=1S/C12H10N4O2S/c1-8(11-6-19-7-14-11)15-10-3-2-9(5-13)4-12(10)16(17)18/h2-4,6-8,15H,1H3. The molecule has 0 spiro atoms. The molecule has 1 heterocycles. The molecular weight excluding hydrogens is 264 g/mol. The Morgan fingerprint density at radius 3 is 2.95 bits per heavy atom. The van der Waals surface area contributed by atoms with Gasteiger partial charge in [0.2, 0.25) is 0 Å². The van der Waals surface area contributed by atoms with Gasteiger partial charge in [0.25, 0.3) is 5.69 Å². The fraction of sp³-hybridized carbons (Fsp3) is 0.167. The molecule has 0 saturated carbocycles. The molecule has 19 heavy (non-hydrogen) atoms. The van der Waals surface area contributed by atoms with Crippen molar-refractivity contribution < 1.29 is 4.92 Å². The van der Waals surface area contributed by atoms with Gasteiger partial charge in [0.1, 0.15) is 5.69 Å². The first-order valence-corrected chi connectivity index (χ1v) is 6.39. The summed E-state index contributed by atoms with van der Waals surface area (Å²) in [6.07, 6.45) is 0. The lowest BCUT2D eigenvalue weighted by Gasteiger charge is -2.13. The molecule has 0 aliphatic rings. The third kappa shape index (κ3) is 2.86. The zero-order chi connectivity index (χ0) is 13.8. The summed E-state index contributed by atoms with van der Waals surface area (Å²) < 4.78 is 0. The number of hydrogen-bond donors (Lipinski definition) is 1. The molecule has 0 radical (unpaired) electrons. The Balaban J connectivity index is 2.30. The van der Waals surface area contributed by atoms with Gasteiger partial charge in [-0.1, -0.05) is 0 Å². The Hall–Kier alpha value is -2.46. The van der Waals surface area contributed by atoms with Crippen LogP contribution in [-0.4, -0.2) is 9.91 Å². The van der Waals surface area contributed by atoms with E-state index in [4.69, 9.17) is 5.26 Å². The number of nitro groups is 1. The number of anilines is 1. The van der Waals surface area contributed by atoms with E-state index in [1.54, 1.807) is 17.6 Å². The zero-order valence-electron chi connectivity index (χ0n) is 10.0. The number of nitrogens with one attached hydrogen (secondary N) is 1. The smallest absolute Gasteiger partial charge is 0.293 e. The number of hydrogen-bond acceptors (Lipinski definition) is 6. The first kappa shape index (κ1) is 13.0. The highest BCUT2D eigenvalue weighted by Crippen LogP contribution is 2.28. The van der Waals surface area contributed by atoms with Gasteiger partial charge in [0.15, 0.2) is 0 Å². The van der Waals surface area contributed by atoms with Gasteiger partial charge < -0.3 is 5.32 Å². The second-order valence-corrected chi connectivity index (χ2v) is 4.60. The monoisotopic (exact) mass is 274 g/mol. The molecule has 2 aromatic rings. The van der Waals surface area contributed by atoms with Crippen LogP contribution in [0.2, 0.25) is 0 Å². The van der Waals surface area contributed by atoms with Gasteiger partial charge in [-0.3, -0.25) is 10.1 Å². The lowest BCUT2D eigenvalue weighted by molar-refractivity contribution is -0.384. The van der Waals surface area contributed by atoms with E-state index in [1.807, 2.05) is 18.4 Å². The van der Waals surface area contributed by atoms with Gasteiger partial charge in [-0.25, -0.2) is 4.98 Å². The summed E-state index contributed by atoms with van der Waals surface area (Å²) >= 11 is 1.47. The molecule has 0 saturated heterocycles. The van der Waals surface area contributed by atoms with Crippen molar-refractivity contribution in [1.29, 1.82) is 5.26 Å². The summed E-state index contributed by atoms with van der Waals surface area (Å²) in [7, 11) is 0. The molecule has 1 atom stereocenters. The van der Waals surface area contributed by atoms with E-state index in [0.29, 0.717) is 5.69 Å². The normalized spacial score (nSPS) is 11.6. The number of rotatable bonds is 4. The minimum atomic E-state index is -0.503. The minimum absolute atomic E-state index is 0.110. The average Bonchev–Trinajstić information content (AvgIpc) is 2.92. The van der Waals surface area contributed by atoms with Crippen LogP contribution in [0.5, 0.6) is 0 Å². The third-order valence-corrected chi connectivity index (χ3v) is 3.20. The fourth-order valence-corrected chi connectivity index (χ4v) is 2.27. The van der Waals surface area contributed by atoms with Gasteiger partial charge in [0, 0.05) is 11.4 Å². The van der Waals surface area contributed by atoms with Crippen LogP contribution >= 0.6 is 11.3 Å². The van der Waals surface area contributed by atoms with Crippen molar-refractivity contribution in [2.75, 3.05) is 5.32 Å². The number of nitro benzene ring substituents is 1. The maximum atomic E-state index is 11.0. The SMILES string of the molecule is CC(Nc1ccc(C#N)cc1[N+](=O)[O-])c1cscn1. The number of aromatic nitrogens is 1. The molecule has 1 N–H and O–H groups in total. The van der Waals surface area contributed by atoms with Crippen LogP contribution in [0.1, 0.15) is 24.2 Å². The molecule has 0 aliphatic heterocycles. The summed E-state index contributed by atoms with van der Waals surface area (Å²) in [6, 6.07) is 6.09. The van der Waals surface area contributed by atoms with E-state index in [2.05, 4.69) is 10.3 Å². The lowest BCUT2D eigenvalue weighted by atomic mass is 10.1. The summed E-state index contributed by atoms with van der Waals surface area (Å²) in [5, 5.41) is 24.7. The van der Waals surface area contributed by atoms with E-state index in [1.165, 1.54) is 17.4 Å². The van der Waals surface area contributed by atoms with Gasteiger partial charge in [-0.15, -0.1) is 11.3 Å². The molecule has 0 fully saturated rings. The first-order valence-electron chi connectivity index (χ1n) is 5.45. The van der Waals surface area contributed by atoms with E-state index < -0.39 is 4.92 Å². The minimum Gasteiger partial charge on any atom is -0.371 e. The Bertz CT molecular complexity index is 634. The molecule has 0 aliphatic carbocycles. The van der Waals surface area contributed by atoms with Crippen molar-refractivity contribution in [3.63, 3.8) is 0 Å². The highest BCUT2D eigenvalue weighted by molar-refractivity contribution is 7.07. The predicted octanol–water partition coefficient (Wildman–Crippen LogP) is 3.10. The summed E-state index contributed by atoms with van der Waals surface area (Å²) in [6.45, 7) is 1.87. The molecular formula is C12H10N4O2S. The van der Waals surface area contributed by atoms with Gasteiger partial charge in [0.05, 0.1) is 33.8 Å². The number of benzene rings is 1. The largest absolute Gasteiger partial charge is 0.371 e. The van der Waals surface area contributed by atoms with Crippen LogP contribution in [0.4, 0.5) is 11.4 Å². The second kappa shape index (κ2) is 5.46. The van der Waals surface area contributed by atoms with Gasteiger partial charge in [-0.05, 0) is 19.1 Å². The molecule has 1 unspecified atom stereocenters.